The van der Waals surface area contributed by atoms with E-state index in [9.17, 15) is 4.79 Å². The lowest BCUT2D eigenvalue weighted by molar-refractivity contribution is 0.162. The molecule has 1 aliphatic heterocycles. The molecular formula is C12H20N4OS. The minimum atomic E-state index is -0.172. The highest BCUT2D eigenvalue weighted by Crippen LogP contribution is 2.15. The van der Waals surface area contributed by atoms with Crippen LogP contribution < -0.4 is 10.6 Å². The second kappa shape index (κ2) is 6.70. The number of carbonyl (C=O) groups is 1. The standard InChI is InChI=1S/C12H20N4OS/c1-10-4-2-3-7-16(10)8-5-13-11(17)15-12-14-6-9-18-12/h6,9-10H,2-5,7-8H2,1H3,(H2,13,14,15,17). The predicted octanol–water partition coefficient (Wildman–Crippen LogP) is 2.14. The molecule has 1 aromatic rings. The molecule has 0 spiro atoms. The number of hydrogen-bond acceptors (Lipinski definition) is 4. The highest BCUT2D eigenvalue weighted by Gasteiger charge is 2.17. The number of thiazole rings is 1. The largest absolute Gasteiger partial charge is 0.337 e. The molecule has 0 aromatic carbocycles. The molecule has 1 atom stereocenters. The Bertz CT molecular complexity index is 368. The van der Waals surface area contributed by atoms with Crippen LogP contribution in [0.1, 0.15) is 26.2 Å². The zero-order valence-corrected chi connectivity index (χ0v) is 11.5. The van der Waals surface area contributed by atoms with E-state index in [0.29, 0.717) is 17.7 Å². The summed E-state index contributed by atoms with van der Waals surface area (Å²) in [5, 5.41) is 8.05. The van der Waals surface area contributed by atoms with Gasteiger partial charge in [-0.3, -0.25) is 10.2 Å². The molecule has 2 heterocycles. The number of rotatable bonds is 4. The minimum absolute atomic E-state index is 0.172. The first-order chi connectivity index (χ1) is 8.75. The lowest BCUT2D eigenvalue weighted by atomic mass is 10.0. The summed E-state index contributed by atoms with van der Waals surface area (Å²) in [5.74, 6) is 0. The van der Waals surface area contributed by atoms with Gasteiger partial charge in [0.2, 0.25) is 0 Å². The van der Waals surface area contributed by atoms with Crippen LogP contribution in [0.5, 0.6) is 0 Å². The smallest absolute Gasteiger partial charge is 0.321 e. The number of hydrogen-bond donors (Lipinski definition) is 2. The first-order valence-corrected chi connectivity index (χ1v) is 7.32. The molecular weight excluding hydrogens is 248 g/mol. The number of aromatic nitrogens is 1. The van der Waals surface area contributed by atoms with E-state index in [1.165, 1.54) is 30.6 Å². The van der Waals surface area contributed by atoms with Crippen molar-refractivity contribution < 1.29 is 4.79 Å². The molecule has 2 rings (SSSR count). The fourth-order valence-electron chi connectivity index (χ4n) is 2.23. The van der Waals surface area contributed by atoms with Gasteiger partial charge in [-0.15, -0.1) is 11.3 Å². The highest BCUT2D eigenvalue weighted by atomic mass is 32.1. The van der Waals surface area contributed by atoms with Gasteiger partial charge in [-0.25, -0.2) is 9.78 Å². The van der Waals surface area contributed by atoms with E-state index in [4.69, 9.17) is 0 Å². The fraction of sp³-hybridized carbons (Fsp3) is 0.667. The van der Waals surface area contributed by atoms with Gasteiger partial charge in [0.05, 0.1) is 0 Å². The molecule has 0 saturated carbocycles. The van der Waals surface area contributed by atoms with E-state index >= 15 is 0 Å². The van der Waals surface area contributed by atoms with Crippen LogP contribution in [0.4, 0.5) is 9.93 Å². The monoisotopic (exact) mass is 268 g/mol. The number of urea groups is 1. The molecule has 1 aromatic heterocycles. The topological polar surface area (TPSA) is 57.3 Å². The maximum Gasteiger partial charge on any atom is 0.321 e. The molecule has 0 radical (unpaired) electrons. The van der Waals surface area contributed by atoms with E-state index < -0.39 is 0 Å². The summed E-state index contributed by atoms with van der Waals surface area (Å²) in [6.07, 6.45) is 5.55. The molecule has 0 aliphatic carbocycles. The summed E-state index contributed by atoms with van der Waals surface area (Å²) in [6.45, 7) is 5.01. The van der Waals surface area contributed by atoms with Gasteiger partial charge in [0.25, 0.3) is 0 Å². The van der Waals surface area contributed by atoms with E-state index in [0.717, 1.165) is 13.1 Å². The summed E-state index contributed by atoms with van der Waals surface area (Å²) >= 11 is 1.42. The number of nitrogens with zero attached hydrogens (tertiary/aromatic N) is 2. The Balaban J connectivity index is 1.64. The van der Waals surface area contributed by atoms with Gasteiger partial charge < -0.3 is 5.32 Å². The predicted molar refractivity (Wildman–Crippen MR) is 74.0 cm³/mol. The van der Waals surface area contributed by atoms with Crippen molar-refractivity contribution in [1.29, 1.82) is 0 Å². The molecule has 1 unspecified atom stereocenters. The van der Waals surface area contributed by atoms with Crippen molar-refractivity contribution in [3.63, 3.8) is 0 Å². The van der Waals surface area contributed by atoms with Gasteiger partial charge in [0.15, 0.2) is 5.13 Å². The number of anilines is 1. The number of amides is 2. The fourth-order valence-corrected chi connectivity index (χ4v) is 2.75. The van der Waals surface area contributed by atoms with Crippen molar-refractivity contribution in [3.8, 4) is 0 Å². The Labute approximate surface area is 112 Å². The molecule has 100 valence electrons. The van der Waals surface area contributed by atoms with Gasteiger partial charge in [0, 0.05) is 30.7 Å². The molecule has 5 nitrogen and oxygen atoms in total. The SMILES string of the molecule is CC1CCCCN1CCNC(=O)Nc1nccs1. The summed E-state index contributed by atoms with van der Waals surface area (Å²) in [6, 6.07) is 0.470. The molecule has 1 aliphatic rings. The zero-order chi connectivity index (χ0) is 12.8. The van der Waals surface area contributed by atoms with Crippen molar-refractivity contribution in [2.45, 2.75) is 32.2 Å². The molecule has 0 bridgehead atoms. The van der Waals surface area contributed by atoms with Crippen molar-refractivity contribution in [3.05, 3.63) is 11.6 Å². The molecule has 6 heteroatoms. The van der Waals surface area contributed by atoms with Crippen LogP contribution in [0.25, 0.3) is 0 Å². The summed E-state index contributed by atoms with van der Waals surface area (Å²) in [5.41, 5.74) is 0. The Morgan fingerprint density at radius 3 is 3.22 bits per heavy atom. The van der Waals surface area contributed by atoms with E-state index in [2.05, 4.69) is 27.4 Å². The van der Waals surface area contributed by atoms with Crippen LogP contribution in [0.2, 0.25) is 0 Å². The Kier molecular flexibility index (Phi) is 4.95. The van der Waals surface area contributed by atoms with Gasteiger partial charge >= 0.3 is 6.03 Å². The Morgan fingerprint density at radius 1 is 1.61 bits per heavy atom. The second-order valence-corrected chi connectivity index (χ2v) is 5.49. The zero-order valence-electron chi connectivity index (χ0n) is 10.7. The van der Waals surface area contributed by atoms with E-state index in [1.807, 2.05) is 5.38 Å². The third kappa shape index (κ3) is 3.96. The van der Waals surface area contributed by atoms with Crippen LogP contribution in [-0.4, -0.2) is 41.6 Å². The van der Waals surface area contributed by atoms with Crippen molar-refractivity contribution in [2.75, 3.05) is 25.0 Å². The Morgan fingerprint density at radius 2 is 2.50 bits per heavy atom. The van der Waals surface area contributed by atoms with Crippen molar-refractivity contribution in [2.24, 2.45) is 0 Å². The molecule has 2 amide bonds. The highest BCUT2D eigenvalue weighted by molar-refractivity contribution is 7.13. The van der Waals surface area contributed by atoms with Gasteiger partial charge in [-0.05, 0) is 26.3 Å². The molecule has 18 heavy (non-hydrogen) atoms. The van der Waals surface area contributed by atoms with Crippen molar-refractivity contribution >= 4 is 22.5 Å². The quantitative estimate of drug-likeness (QED) is 0.879. The summed E-state index contributed by atoms with van der Waals surface area (Å²) < 4.78 is 0. The lowest BCUT2D eigenvalue weighted by Gasteiger charge is -2.33. The summed E-state index contributed by atoms with van der Waals surface area (Å²) in [7, 11) is 0. The van der Waals surface area contributed by atoms with Crippen molar-refractivity contribution in [1.82, 2.24) is 15.2 Å². The average molecular weight is 268 g/mol. The lowest BCUT2D eigenvalue weighted by Crippen LogP contribution is -2.43. The first-order valence-electron chi connectivity index (χ1n) is 6.44. The maximum atomic E-state index is 11.6. The third-order valence-corrected chi connectivity index (χ3v) is 3.97. The number of carbonyl (C=O) groups excluding carboxylic acids is 1. The average Bonchev–Trinajstić information content (AvgIpc) is 2.84. The normalized spacial score (nSPS) is 20.6. The van der Waals surface area contributed by atoms with Gasteiger partial charge in [0.1, 0.15) is 0 Å². The van der Waals surface area contributed by atoms with Crippen LogP contribution in [0.15, 0.2) is 11.6 Å². The number of nitrogens with one attached hydrogen (secondary N) is 2. The minimum Gasteiger partial charge on any atom is -0.337 e. The molecule has 1 saturated heterocycles. The van der Waals surface area contributed by atoms with Crippen LogP contribution in [0.3, 0.4) is 0 Å². The van der Waals surface area contributed by atoms with E-state index in [-0.39, 0.29) is 6.03 Å². The number of piperidine rings is 1. The first kappa shape index (κ1) is 13.3. The summed E-state index contributed by atoms with van der Waals surface area (Å²) in [4.78, 5) is 18.0. The molecule has 1 fully saturated rings. The van der Waals surface area contributed by atoms with Gasteiger partial charge in [-0.1, -0.05) is 6.42 Å². The van der Waals surface area contributed by atoms with Crippen LogP contribution in [0, 0.1) is 0 Å². The van der Waals surface area contributed by atoms with Gasteiger partial charge in [-0.2, -0.15) is 0 Å². The number of likely N-dealkylation sites (tertiary alicyclic amines) is 1. The van der Waals surface area contributed by atoms with E-state index in [1.54, 1.807) is 6.20 Å². The third-order valence-electron chi connectivity index (χ3n) is 3.28. The molecule has 2 N–H and O–H groups in total. The maximum absolute atomic E-state index is 11.6. The van der Waals surface area contributed by atoms with Crippen LogP contribution >= 0.6 is 11.3 Å². The van der Waals surface area contributed by atoms with Crippen LogP contribution in [-0.2, 0) is 0 Å². The Hall–Kier alpha value is -1.14. The second-order valence-electron chi connectivity index (χ2n) is 4.60.